The molecule has 0 saturated heterocycles. The van der Waals surface area contributed by atoms with Gasteiger partial charge in [0.05, 0.1) is 26.1 Å². The lowest BCUT2D eigenvalue weighted by Crippen LogP contribution is -2.08. The van der Waals surface area contributed by atoms with Crippen molar-refractivity contribution in [2.45, 2.75) is 6.54 Å². The van der Waals surface area contributed by atoms with Gasteiger partial charge in [0.25, 0.3) is 0 Å². The molecule has 7 heteroatoms. The number of benzene rings is 2. The number of nitrogens with one attached hydrogen (secondary N) is 2. The summed E-state index contributed by atoms with van der Waals surface area (Å²) in [5.74, 6) is 1.22. The third-order valence-electron chi connectivity index (χ3n) is 4.28. The van der Waals surface area contributed by atoms with Crippen molar-refractivity contribution < 1.29 is 18.7 Å². The SMILES string of the molecule is COc1ccc(/C=C/C(=O)Nc2ccc(NCc3ccccc3F)nc2)cc1OC. The third-order valence-corrected chi connectivity index (χ3v) is 4.28. The Kier molecular flexibility index (Phi) is 7.00. The highest BCUT2D eigenvalue weighted by molar-refractivity contribution is 6.01. The Balaban J connectivity index is 1.55. The van der Waals surface area contributed by atoms with Gasteiger partial charge in [0, 0.05) is 18.2 Å². The van der Waals surface area contributed by atoms with Crippen LogP contribution >= 0.6 is 0 Å². The van der Waals surface area contributed by atoms with Crippen LogP contribution in [0, 0.1) is 5.82 Å². The second-order valence-electron chi connectivity index (χ2n) is 6.31. The molecular weight excluding hydrogens is 385 g/mol. The summed E-state index contributed by atoms with van der Waals surface area (Å²) in [5, 5.41) is 5.79. The normalized spacial score (nSPS) is 10.6. The van der Waals surface area contributed by atoms with Crippen molar-refractivity contribution in [1.82, 2.24) is 4.98 Å². The predicted molar refractivity (Wildman–Crippen MR) is 115 cm³/mol. The van der Waals surface area contributed by atoms with Gasteiger partial charge in [-0.05, 0) is 42.0 Å². The number of ether oxygens (including phenoxy) is 2. The van der Waals surface area contributed by atoms with Crippen LogP contribution in [0.25, 0.3) is 6.08 Å². The van der Waals surface area contributed by atoms with E-state index in [-0.39, 0.29) is 11.7 Å². The Labute approximate surface area is 174 Å². The molecule has 2 N–H and O–H groups in total. The smallest absolute Gasteiger partial charge is 0.248 e. The monoisotopic (exact) mass is 407 g/mol. The number of nitrogens with zero attached hydrogens (tertiary/aromatic N) is 1. The molecule has 0 atom stereocenters. The summed E-state index contributed by atoms with van der Waals surface area (Å²) in [5.41, 5.74) is 1.90. The summed E-state index contributed by atoms with van der Waals surface area (Å²) in [6.07, 6.45) is 4.63. The van der Waals surface area contributed by atoms with E-state index in [1.807, 2.05) is 6.07 Å². The maximum absolute atomic E-state index is 13.6. The van der Waals surface area contributed by atoms with Crippen LogP contribution in [0.15, 0.2) is 66.9 Å². The molecule has 30 heavy (non-hydrogen) atoms. The van der Waals surface area contributed by atoms with E-state index in [9.17, 15) is 9.18 Å². The van der Waals surface area contributed by atoms with Gasteiger partial charge in [-0.2, -0.15) is 0 Å². The third kappa shape index (κ3) is 5.57. The van der Waals surface area contributed by atoms with E-state index in [0.717, 1.165) is 5.56 Å². The van der Waals surface area contributed by atoms with Crippen molar-refractivity contribution in [3.05, 3.63) is 83.8 Å². The van der Waals surface area contributed by atoms with Gasteiger partial charge in [-0.3, -0.25) is 4.79 Å². The van der Waals surface area contributed by atoms with Crippen molar-refractivity contribution in [1.29, 1.82) is 0 Å². The van der Waals surface area contributed by atoms with Crippen LogP contribution in [0.5, 0.6) is 11.5 Å². The minimum Gasteiger partial charge on any atom is -0.493 e. The minimum absolute atomic E-state index is 0.268. The molecule has 0 unspecified atom stereocenters. The molecule has 154 valence electrons. The number of hydrogen-bond acceptors (Lipinski definition) is 5. The van der Waals surface area contributed by atoms with Crippen LogP contribution in [-0.2, 0) is 11.3 Å². The molecule has 0 aliphatic heterocycles. The molecule has 0 spiro atoms. The summed E-state index contributed by atoms with van der Waals surface area (Å²) < 4.78 is 24.1. The van der Waals surface area contributed by atoms with E-state index in [1.54, 1.807) is 62.8 Å². The molecule has 2 aromatic carbocycles. The van der Waals surface area contributed by atoms with E-state index in [0.29, 0.717) is 35.1 Å². The fraction of sp³-hybridized carbons (Fsp3) is 0.130. The first-order valence-electron chi connectivity index (χ1n) is 9.23. The van der Waals surface area contributed by atoms with Gasteiger partial charge in [0.15, 0.2) is 11.5 Å². The topological polar surface area (TPSA) is 72.5 Å². The van der Waals surface area contributed by atoms with Gasteiger partial charge < -0.3 is 20.1 Å². The maximum Gasteiger partial charge on any atom is 0.248 e. The molecule has 0 fully saturated rings. The van der Waals surface area contributed by atoms with E-state index >= 15 is 0 Å². The molecule has 3 aromatic rings. The molecule has 6 nitrogen and oxygen atoms in total. The fourth-order valence-electron chi connectivity index (χ4n) is 2.71. The predicted octanol–water partition coefficient (Wildman–Crippen LogP) is 4.50. The largest absolute Gasteiger partial charge is 0.493 e. The Morgan fingerprint density at radius 2 is 1.87 bits per heavy atom. The summed E-state index contributed by atoms with van der Waals surface area (Å²) in [6, 6.07) is 15.4. The lowest BCUT2D eigenvalue weighted by atomic mass is 10.2. The molecule has 1 amide bonds. The average Bonchev–Trinajstić information content (AvgIpc) is 2.78. The first kappa shape index (κ1) is 20.9. The van der Waals surface area contributed by atoms with Gasteiger partial charge >= 0.3 is 0 Å². The molecule has 1 heterocycles. The minimum atomic E-state index is -0.293. The van der Waals surface area contributed by atoms with Gasteiger partial charge in [-0.15, -0.1) is 0 Å². The van der Waals surface area contributed by atoms with Crippen LogP contribution in [0.4, 0.5) is 15.9 Å². The van der Waals surface area contributed by atoms with Crippen molar-refractivity contribution in [2.24, 2.45) is 0 Å². The number of carbonyl (C=O) groups is 1. The molecule has 3 rings (SSSR count). The molecule has 0 aliphatic carbocycles. The number of methoxy groups -OCH3 is 2. The highest BCUT2D eigenvalue weighted by Gasteiger charge is 2.04. The molecule has 0 saturated carbocycles. The summed E-state index contributed by atoms with van der Waals surface area (Å²) in [4.78, 5) is 16.4. The van der Waals surface area contributed by atoms with Crippen LogP contribution in [0.3, 0.4) is 0 Å². The van der Waals surface area contributed by atoms with E-state index < -0.39 is 0 Å². The molecule has 0 aliphatic rings. The Morgan fingerprint density at radius 3 is 2.57 bits per heavy atom. The van der Waals surface area contributed by atoms with E-state index in [2.05, 4.69) is 15.6 Å². The van der Waals surface area contributed by atoms with Crippen molar-refractivity contribution in [3.8, 4) is 11.5 Å². The second kappa shape index (κ2) is 10.1. The number of rotatable bonds is 8. The highest BCUT2D eigenvalue weighted by atomic mass is 19.1. The van der Waals surface area contributed by atoms with Crippen LogP contribution in [0.2, 0.25) is 0 Å². The molecular formula is C23H22FN3O3. The van der Waals surface area contributed by atoms with Gasteiger partial charge in [-0.1, -0.05) is 24.3 Å². The number of aromatic nitrogens is 1. The quantitative estimate of drug-likeness (QED) is 0.538. The molecule has 0 bridgehead atoms. The second-order valence-corrected chi connectivity index (χ2v) is 6.31. The zero-order valence-electron chi connectivity index (χ0n) is 16.7. The van der Waals surface area contributed by atoms with Gasteiger partial charge in [0.2, 0.25) is 5.91 Å². The van der Waals surface area contributed by atoms with Gasteiger partial charge in [-0.25, -0.2) is 9.37 Å². The van der Waals surface area contributed by atoms with Crippen LogP contribution in [0.1, 0.15) is 11.1 Å². The first-order chi connectivity index (χ1) is 14.6. The lowest BCUT2D eigenvalue weighted by Gasteiger charge is -2.08. The van der Waals surface area contributed by atoms with Crippen LogP contribution in [-0.4, -0.2) is 25.1 Å². The zero-order chi connectivity index (χ0) is 21.3. The highest BCUT2D eigenvalue weighted by Crippen LogP contribution is 2.28. The molecule has 1 aromatic heterocycles. The van der Waals surface area contributed by atoms with E-state index in [1.165, 1.54) is 18.3 Å². The lowest BCUT2D eigenvalue weighted by molar-refractivity contribution is -0.111. The number of amides is 1. The standard InChI is InChI=1S/C23H22FN3O3/c1-29-20-10-7-16(13-21(20)30-2)8-12-23(28)27-18-9-11-22(26-15-18)25-14-17-5-3-4-6-19(17)24/h3-13,15H,14H2,1-2H3,(H,25,26)(H,27,28)/b12-8+. The number of hydrogen-bond donors (Lipinski definition) is 2. The molecule has 0 radical (unpaired) electrons. The Bertz CT molecular complexity index is 1040. The van der Waals surface area contributed by atoms with Crippen molar-refractivity contribution >= 4 is 23.5 Å². The number of anilines is 2. The number of pyridine rings is 1. The maximum atomic E-state index is 13.6. The van der Waals surface area contributed by atoms with Gasteiger partial charge in [0.1, 0.15) is 11.6 Å². The Hall–Kier alpha value is -3.87. The van der Waals surface area contributed by atoms with Crippen molar-refractivity contribution in [2.75, 3.05) is 24.9 Å². The average molecular weight is 407 g/mol. The van der Waals surface area contributed by atoms with Crippen molar-refractivity contribution in [3.63, 3.8) is 0 Å². The summed E-state index contributed by atoms with van der Waals surface area (Å²) in [7, 11) is 3.12. The van der Waals surface area contributed by atoms with Crippen LogP contribution < -0.4 is 20.1 Å². The summed E-state index contributed by atoms with van der Waals surface area (Å²) in [6.45, 7) is 0.319. The number of carbonyl (C=O) groups excluding carboxylic acids is 1. The van der Waals surface area contributed by atoms with E-state index in [4.69, 9.17) is 9.47 Å². The Morgan fingerprint density at radius 1 is 1.07 bits per heavy atom. The zero-order valence-corrected chi connectivity index (χ0v) is 16.7. The number of halogens is 1. The first-order valence-corrected chi connectivity index (χ1v) is 9.23. The summed E-state index contributed by atoms with van der Waals surface area (Å²) >= 11 is 0. The fourth-order valence-corrected chi connectivity index (χ4v) is 2.71.